The van der Waals surface area contributed by atoms with Gasteiger partial charge in [0.2, 0.25) is 0 Å². The van der Waals surface area contributed by atoms with Gasteiger partial charge in [0.1, 0.15) is 17.9 Å². The Morgan fingerprint density at radius 2 is 2.24 bits per heavy atom. The van der Waals surface area contributed by atoms with Gasteiger partial charge in [-0.1, -0.05) is 18.7 Å². The number of aromatic amines is 1. The molecule has 1 amide bonds. The van der Waals surface area contributed by atoms with E-state index >= 15 is 0 Å². The van der Waals surface area contributed by atoms with Crippen LogP contribution in [-0.4, -0.2) is 92.2 Å². The van der Waals surface area contributed by atoms with Crippen LogP contribution in [0.5, 0.6) is 0 Å². The molecule has 2 aliphatic rings. The molecule has 3 unspecified atom stereocenters. The fourth-order valence-electron chi connectivity index (χ4n) is 5.03. The summed E-state index contributed by atoms with van der Waals surface area (Å²) in [5.41, 5.74) is 1.71. The molecule has 2 aliphatic heterocycles. The molecule has 3 heterocycles. The Bertz CT molecular complexity index is 1170. The van der Waals surface area contributed by atoms with Gasteiger partial charge in [-0.25, -0.2) is 9.89 Å². The van der Waals surface area contributed by atoms with Gasteiger partial charge in [-0.15, -0.1) is 5.10 Å². The number of tetrazole rings is 1. The van der Waals surface area contributed by atoms with Crippen LogP contribution < -0.4 is 10.6 Å². The van der Waals surface area contributed by atoms with E-state index in [-0.39, 0.29) is 18.1 Å². The fourth-order valence-corrected chi connectivity index (χ4v) is 5.03. The maximum Gasteiger partial charge on any atom is 0.408 e. The van der Waals surface area contributed by atoms with Gasteiger partial charge in [0.15, 0.2) is 5.82 Å². The van der Waals surface area contributed by atoms with Crippen LogP contribution in [0.4, 0.5) is 10.5 Å². The third kappa shape index (κ3) is 6.66. The molecular weight excluding hydrogens is 486 g/mol. The van der Waals surface area contributed by atoms with Gasteiger partial charge in [0.25, 0.3) is 0 Å². The number of aldehydes is 1. The van der Waals surface area contributed by atoms with Crippen molar-refractivity contribution in [3.05, 3.63) is 36.5 Å². The van der Waals surface area contributed by atoms with Gasteiger partial charge < -0.3 is 25.1 Å². The quantitative estimate of drug-likeness (QED) is 0.419. The fraction of sp³-hybridized carbons (Fsp3) is 0.538. The summed E-state index contributed by atoms with van der Waals surface area (Å²) in [5.74, 6) is 0.569. The number of benzene rings is 1. The van der Waals surface area contributed by atoms with Crippen molar-refractivity contribution < 1.29 is 14.3 Å². The number of nitriles is 1. The maximum absolute atomic E-state index is 12.7. The molecule has 2 aromatic rings. The van der Waals surface area contributed by atoms with Crippen molar-refractivity contribution in [3.63, 3.8) is 0 Å². The minimum absolute atomic E-state index is 0.00221. The second-order valence-corrected chi connectivity index (χ2v) is 10.7. The Kier molecular flexibility index (Phi) is 8.26. The minimum atomic E-state index is -0.664. The van der Waals surface area contributed by atoms with Crippen molar-refractivity contribution in [2.24, 2.45) is 0 Å². The molecule has 3 N–H and O–H groups in total. The Morgan fingerprint density at radius 1 is 1.42 bits per heavy atom. The van der Waals surface area contributed by atoms with Crippen molar-refractivity contribution in [3.8, 4) is 17.5 Å². The summed E-state index contributed by atoms with van der Waals surface area (Å²) in [4.78, 5) is 28.8. The number of likely N-dealkylation sites (tertiary alicyclic amines) is 2. The lowest BCUT2D eigenvalue weighted by atomic mass is 10.1. The predicted molar refractivity (Wildman–Crippen MR) is 141 cm³/mol. The van der Waals surface area contributed by atoms with E-state index in [1.54, 1.807) is 20.8 Å². The normalized spacial score (nSPS) is 22.5. The van der Waals surface area contributed by atoms with Crippen molar-refractivity contribution in [2.45, 2.75) is 69.8 Å². The molecule has 1 aromatic carbocycles. The van der Waals surface area contributed by atoms with Gasteiger partial charge in [-0.2, -0.15) is 5.26 Å². The summed E-state index contributed by atoms with van der Waals surface area (Å²) >= 11 is 0. The van der Waals surface area contributed by atoms with Crippen molar-refractivity contribution >= 4 is 18.1 Å². The van der Waals surface area contributed by atoms with E-state index < -0.39 is 17.7 Å². The Hall–Kier alpha value is -3.98. The van der Waals surface area contributed by atoms with Gasteiger partial charge in [-0.3, -0.25) is 4.90 Å². The van der Waals surface area contributed by atoms with Crippen molar-refractivity contribution in [1.29, 1.82) is 5.26 Å². The molecule has 0 saturated carbocycles. The van der Waals surface area contributed by atoms with Crippen LogP contribution in [0.25, 0.3) is 11.4 Å². The highest BCUT2D eigenvalue weighted by Crippen LogP contribution is 2.27. The Morgan fingerprint density at radius 3 is 2.92 bits per heavy atom. The Labute approximate surface area is 222 Å². The molecule has 0 bridgehead atoms. The zero-order valence-corrected chi connectivity index (χ0v) is 22.1. The summed E-state index contributed by atoms with van der Waals surface area (Å²) in [5, 5.41) is 30.0. The third-order valence-corrected chi connectivity index (χ3v) is 6.74. The monoisotopic (exact) mass is 521 g/mol. The minimum Gasteiger partial charge on any atom is -0.444 e. The summed E-state index contributed by atoms with van der Waals surface area (Å²) in [6.45, 7) is 11.3. The number of rotatable bonds is 9. The largest absolute Gasteiger partial charge is 0.444 e. The first-order valence-corrected chi connectivity index (χ1v) is 12.8. The third-order valence-electron chi connectivity index (χ3n) is 6.74. The number of H-pyrrole nitrogens is 1. The van der Waals surface area contributed by atoms with E-state index in [0.717, 1.165) is 30.4 Å². The van der Waals surface area contributed by atoms with Gasteiger partial charge in [0.05, 0.1) is 18.2 Å². The molecule has 2 fully saturated rings. The van der Waals surface area contributed by atoms with Gasteiger partial charge in [-0.05, 0) is 62.6 Å². The van der Waals surface area contributed by atoms with Crippen LogP contribution in [0.3, 0.4) is 0 Å². The molecule has 2 saturated heterocycles. The number of ether oxygens (including phenoxy) is 1. The van der Waals surface area contributed by atoms with Crippen LogP contribution in [-0.2, 0) is 9.53 Å². The average molecular weight is 522 g/mol. The molecule has 202 valence electrons. The number of carbonyl (C=O) groups excluding carboxylic acids is 2. The number of nitrogens with zero attached hydrogens (tertiary/aromatic N) is 6. The molecular formula is C26H35N9O3. The lowest BCUT2D eigenvalue weighted by Crippen LogP contribution is -2.51. The highest BCUT2D eigenvalue weighted by molar-refractivity contribution is 5.69. The SMILES string of the molecule is C=C(C(CN1C[C@@H](Nc2cccc(-c3nnn[nH]3)c2)CC1C=O)NC(=O)OC(C)(C)C)N1CCCC1C#N. The lowest BCUT2D eigenvalue weighted by molar-refractivity contribution is -0.111. The number of hydrogen-bond donors (Lipinski definition) is 3. The van der Waals surface area contributed by atoms with E-state index in [2.05, 4.69) is 43.9 Å². The highest BCUT2D eigenvalue weighted by Gasteiger charge is 2.37. The number of anilines is 1. The van der Waals surface area contributed by atoms with Crippen molar-refractivity contribution in [1.82, 2.24) is 35.7 Å². The number of nitrogens with one attached hydrogen (secondary N) is 3. The first-order chi connectivity index (χ1) is 18.2. The number of aromatic nitrogens is 4. The number of carbonyl (C=O) groups is 2. The van der Waals surface area contributed by atoms with Crippen molar-refractivity contribution in [2.75, 3.05) is 25.0 Å². The van der Waals surface area contributed by atoms with Crippen LogP contribution >= 0.6 is 0 Å². The highest BCUT2D eigenvalue weighted by atomic mass is 16.6. The van der Waals surface area contributed by atoms with Crippen LogP contribution in [0.2, 0.25) is 0 Å². The number of hydrogen-bond acceptors (Lipinski definition) is 10. The van der Waals surface area contributed by atoms with E-state index in [1.807, 2.05) is 34.1 Å². The number of alkyl carbamates (subject to hydrolysis) is 1. The molecule has 12 nitrogen and oxygen atoms in total. The molecule has 38 heavy (non-hydrogen) atoms. The standard InChI is InChI=1S/C26H35N9O3/c1-17(35-10-6-9-21(35)13-27)23(29-25(37)38-26(2,3)4)15-34-14-20(12-22(34)16-36)28-19-8-5-7-18(11-19)24-30-32-33-31-24/h5,7-8,11,16,20-23,28H,1,6,9-10,12,14-15H2,2-4H3,(H,29,37)(H,30,31,32,33)/t20-,21?,22?,23?/m0/s1. The molecule has 12 heteroatoms. The van der Waals surface area contributed by atoms with E-state index in [9.17, 15) is 14.9 Å². The average Bonchev–Trinajstić information content (AvgIpc) is 3.63. The van der Waals surface area contributed by atoms with E-state index in [4.69, 9.17) is 4.74 Å². The number of amides is 1. The molecule has 4 rings (SSSR count). The summed E-state index contributed by atoms with van der Waals surface area (Å²) < 4.78 is 5.50. The van der Waals surface area contributed by atoms with Gasteiger partial charge in [0, 0.05) is 42.6 Å². The van der Waals surface area contributed by atoms with Gasteiger partial charge >= 0.3 is 6.09 Å². The topological polar surface area (TPSA) is 152 Å². The molecule has 0 aliphatic carbocycles. The molecule has 4 atom stereocenters. The first kappa shape index (κ1) is 27.1. The van der Waals surface area contributed by atoms with Crippen LogP contribution in [0.1, 0.15) is 40.0 Å². The molecule has 0 radical (unpaired) electrons. The predicted octanol–water partition coefficient (Wildman–Crippen LogP) is 2.32. The summed E-state index contributed by atoms with van der Waals surface area (Å²) in [7, 11) is 0. The maximum atomic E-state index is 12.7. The molecule has 1 aromatic heterocycles. The summed E-state index contributed by atoms with van der Waals surface area (Å²) in [6.07, 6.45) is 2.62. The first-order valence-electron chi connectivity index (χ1n) is 12.8. The summed E-state index contributed by atoms with van der Waals surface area (Å²) in [6, 6.07) is 8.91. The second kappa shape index (κ2) is 11.6. The molecule has 0 spiro atoms. The van der Waals surface area contributed by atoms with E-state index in [1.165, 1.54) is 0 Å². The lowest BCUT2D eigenvalue weighted by Gasteiger charge is -2.34. The zero-order valence-electron chi connectivity index (χ0n) is 22.1. The van der Waals surface area contributed by atoms with Crippen LogP contribution in [0.15, 0.2) is 36.5 Å². The smallest absolute Gasteiger partial charge is 0.408 e. The Balaban J connectivity index is 1.47. The zero-order chi connectivity index (χ0) is 27.3. The van der Waals surface area contributed by atoms with E-state index in [0.29, 0.717) is 37.6 Å². The van der Waals surface area contributed by atoms with Crippen LogP contribution in [0, 0.1) is 11.3 Å². The second-order valence-electron chi connectivity index (χ2n) is 10.7.